The molecule has 1 atom stereocenters. The quantitative estimate of drug-likeness (QED) is 0.843. The first-order chi connectivity index (χ1) is 7.72. The summed E-state index contributed by atoms with van der Waals surface area (Å²) >= 11 is 0. The van der Waals surface area contributed by atoms with Crippen molar-refractivity contribution in [2.24, 2.45) is 11.7 Å². The molecule has 1 aromatic carbocycles. The van der Waals surface area contributed by atoms with E-state index in [2.05, 4.69) is 0 Å². The lowest BCUT2D eigenvalue weighted by atomic mass is 9.79. The molecule has 16 heavy (non-hydrogen) atoms. The molecule has 1 unspecified atom stereocenters. The van der Waals surface area contributed by atoms with Gasteiger partial charge >= 0.3 is 0 Å². The van der Waals surface area contributed by atoms with Crippen molar-refractivity contribution in [1.82, 2.24) is 0 Å². The number of nitrogens with two attached hydrogens (primary N) is 1. The third-order valence-electron chi connectivity index (χ3n) is 3.29. The minimum absolute atomic E-state index is 0.177. The van der Waals surface area contributed by atoms with Crippen LogP contribution in [-0.2, 0) is 4.79 Å². The van der Waals surface area contributed by atoms with Crippen LogP contribution in [0.2, 0.25) is 0 Å². The molecule has 1 aliphatic carbocycles. The maximum atomic E-state index is 11.9. The zero-order chi connectivity index (χ0) is 11.5. The van der Waals surface area contributed by atoms with Gasteiger partial charge in [-0.15, -0.1) is 0 Å². The van der Waals surface area contributed by atoms with E-state index in [0.29, 0.717) is 0 Å². The molecule has 1 fully saturated rings. The lowest BCUT2D eigenvalue weighted by Gasteiger charge is -2.26. The molecule has 86 valence electrons. The Hall–Kier alpha value is -1.35. The molecule has 0 heterocycles. The van der Waals surface area contributed by atoms with Crippen molar-refractivity contribution >= 4 is 5.78 Å². The predicted octanol–water partition coefficient (Wildman–Crippen LogP) is 2.06. The van der Waals surface area contributed by atoms with Crippen LogP contribution in [0.1, 0.15) is 30.9 Å². The molecule has 0 aromatic heterocycles. The molecule has 2 rings (SSSR count). The average molecular weight is 219 g/mol. The molecule has 0 amide bonds. The molecule has 0 radical (unpaired) electrons. The van der Waals surface area contributed by atoms with Gasteiger partial charge in [-0.3, -0.25) is 4.79 Å². The zero-order valence-corrected chi connectivity index (χ0v) is 9.48. The van der Waals surface area contributed by atoms with E-state index in [0.717, 1.165) is 30.6 Å². The van der Waals surface area contributed by atoms with E-state index in [4.69, 9.17) is 10.5 Å². The molecular formula is C13H17NO2. The highest BCUT2D eigenvalue weighted by molar-refractivity contribution is 5.87. The molecule has 0 saturated heterocycles. The Morgan fingerprint density at radius 3 is 2.44 bits per heavy atom. The lowest BCUT2D eigenvalue weighted by molar-refractivity contribution is -0.126. The Balaban J connectivity index is 2.07. The highest BCUT2D eigenvalue weighted by Crippen LogP contribution is 2.31. The van der Waals surface area contributed by atoms with Crippen molar-refractivity contribution in [3.8, 4) is 5.75 Å². The first-order valence-corrected chi connectivity index (χ1v) is 5.65. The van der Waals surface area contributed by atoms with Crippen LogP contribution in [0.15, 0.2) is 24.3 Å². The summed E-state index contributed by atoms with van der Waals surface area (Å²) in [4.78, 5) is 11.9. The molecule has 0 bridgehead atoms. The van der Waals surface area contributed by atoms with Gasteiger partial charge in [-0.05, 0) is 30.5 Å². The molecule has 1 aromatic rings. The van der Waals surface area contributed by atoms with Crippen LogP contribution < -0.4 is 10.5 Å². The molecule has 0 aliphatic heterocycles. The number of hydrogen-bond donors (Lipinski definition) is 1. The Bertz CT molecular complexity index is 368. The smallest absolute Gasteiger partial charge is 0.157 e. The number of ether oxygens (including phenoxy) is 1. The maximum absolute atomic E-state index is 11.9. The summed E-state index contributed by atoms with van der Waals surface area (Å²) in [7, 11) is 1.62. The summed E-state index contributed by atoms with van der Waals surface area (Å²) in [5.74, 6) is 1.15. The first kappa shape index (κ1) is 11.1. The lowest BCUT2D eigenvalue weighted by Crippen LogP contribution is -2.31. The maximum Gasteiger partial charge on any atom is 0.157 e. The standard InChI is InChI=1S/C13H17NO2/c1-16-11-7-5-9(6-8-11)12(14)13(15)10-3-2-4-10/h5-8,10,12H,2-4,14H2,1H3. The summed E-state index contributed by atoms with van der Waals surface area (Å²) in [5.41, 5.74) is 6.82. The van der Waals surface area contributed by atoms with Crippen molar-refractivity contribution in [3.63, 3.8) is 0 Å². The van der Waals surface area contributed by atoms with E-state index >= 15 is 0 Å². The van der Waals surface area contributed by atoms with Gasteiger partial charge < -0.3 is 10.5 Å². The fourth-order valence-electron chi connectivity index (χ4n) is 1.92. The fraction of sp³-hybridized carbons (Fsp3) is 0.462. The Morgan fingerprint density at radius 1 is 1.38 bits per heavy atom. The number of carbonyl (C=O) groups excluding carboxylic acids is 1. The van der Waals surface area contributed by atoms with Gasteiger partial charge in [-0.25, -0.2) is 0 Å². The van der Waals surface area contributed by atoms with Crippen LogP contribution in [0.5, 0.6) is 5.75 Å². The summed E-state index contributed by atoms with van der Waals surface area (Å²) in [6.45, 7) is 0. The minimum Gasteiger partial charge on any atom is -0.497 e. The van der Waals surface area contributed by atoms with Gasteiger partial charge in [0.05, 0.1) is 13.2 Å². The minimum atomic E-state index is -0.476. The Kier molecular flexibility index (Phi) is 3.25. The van der Waals surface area contributed by atoms with Crippen molar-refractivity contribution in [3.05, 3.63) is 29.8 Å². The van der Waals surface area contributed by atoms with Crippen LogP contribution in [0.3, 0.4) is 0 Å². The van der Waals surface area contributed by atoms with Gasteiger partial charge in [0.25, 0.3) is 0 Å². The normalized spacial score (nSPS) is 17.6. The van der Waals surface area contributed by atoms with Gasteiger partial charge in [0, 0.05) is 5.92 Å². The largest absolute Gasteiger partial charge is 0.497 e. The van der Waals surface area contributed by atoms with E-state index < -0.39 is 6.04 Å². The van der Waals surface area contributed by atoms with E-state index in [1.807, 2.05) is 24.3 Å². The number of methoxy groups -OCH3 is 1. The molecule has 1 aliphatic rings. The number of rotatable bonds is 4. The number of benzene rings is 1. The molecule has 0 spiro atoms. The van der Waals surface area contributed by atoms with E-state index in [1.54, 1.807) is 7.11 Å². The summed E-state index contributed by atoms with van der Waals surface area (Å²) < 4.78 is 5.06. The highest BCUT2D eigenvalue weighted by Gasteiger charge is 2.29. The molecular weight excluding hydrogens is 202 g/mol. The van der Waals surface area contributed by atoms with Crippen LogP contribution in [0.4, 0.5) is 0 Å². The molecule has 1 saturated carbocycles. The van der Waals surface area contributed by atoms with Crippen molar-refractivity contribution in [2.75, 3.05) is 7.11 Å². The summed E-state index contributed by atoms with van der Waals surface area (Å²) in [5, 5.41) is 0. The van der Waals surface area contributed by atoms with Crippen LogP contribution in [-0.4, -0.2) is 12.9 Å². The average Bonchev–Trinajstić information content (AvgIpc) is 2.26. The fourth-order valence-corrected chi connectivity index (χ4v) is 1.92. The second-order valence-electron chi connectivity index (χ2n) is 4.28. The van der Waals surface area contributed by atoms with E-state index in [-0.39, 0.29) is 11.7 Å². The Labute approximate surface area is 95.6 Å². The van der Waals surface area contributed by atoms with Gasteiger partial charge in [-0.2, -0.15) is 0 Å². The number of carbonyl (C=O) groups is 1. The molecule has 3 heteroatoms. The third-order valence-corrected chi connectivity index (χ3v) is 3.29. The van der Waals surface area contributed by atoms with Crippen LogP contribution in [0.25, 0.3) is 0 Å². The van der Waals surface area contributed by atoms with Crippen molar-refractivity contribution in [2.45, 2.75) is 25.3 Å². The van der Waals surface area contributed by atoms with Crippen molar-refractivity contribution in [1.29, 1.82) is 0 Å². The van der Waals surface area contributed by atoms with Crippen LogP contribution in [0, 0.1) is 5.92 Å². The SMILES string of the molecule is COc1ccc(C(N)C(=O)C2CCC2)cc1. The summed E-state index contributed by atoms with van der Waals surface area (Å²) in [6, 6.07) is 6.92. The second-order valence-corrected chi connectivity index (χ2v) is 4.28. The number of ketones is 1. The molecule has 2 N–H and O–H groups in total. The number of Topliss-reactive ketones (excluding diaryl/α,β-unsaturated/α-hetero) is 1. The highest BCUT2D eigenvalue weighted by atomic mass is 16.5. The van der Waals surface area contributed by atoms with Gasteiger partial charge in [-0.1, -0.05) is 18.6 Å². The predicted molar refractivity (Wildman–Crippen MR) is 62.3 cm³/mol. The van der Waals surface area contributed by atoms with Crippen LogP contribution >= 0.6 is 0 Å². The topological polar surface area (TPSA) is 52.3 Å². The monoisotopic (exact) mass is 219 g/mol. The number of hydrogen-bond acceptors (Lipinski definition) is 3. The van der Waals surface area contributed by atoms with E-state index in [9.17, 15) is 4.79 Å². The first-order valence-electron chi connectivity index (χ1n) is 5.65. The van der Waals surface area contributed by atoms with Gasteiger partial charge in [0.2, 0.25) is 0 Å². The zero-order valence-electron chi connectivity index (χ0n) is 9.48. The third kappa shape index (κ3) is 2.09. The second kappa shape index (κ2) is 4.66. The van der Waals surface area contributed by atoms with Crippen molar-refractivity contribution < 1.29 is 9.53 Å². The molecule has 3 nitrogen and oxygen atoms in total. The van der Waals surface area contributed by atoms with Gasteiger partial charge in [0.1, 0.15) is 5.75 Å². The Morgan fingerprint density at radius 2 is 2.00 bits per heavy atom. The summed E-state index contributed by atoms with van der Waals surface area (Å²) in [6.07, 6.45) is 3.16. The van der Waals surface area contributed by atoms with Gasteiger partial charge in [0.15, 0.2) is 5.78 Å². The van der Waals surface area contributed by atoms with E-state index in [1.165, 1.54) is 0 Å².